The lowest BCUT2D eigenvalue weighted by molar-refractivity contribution is -0.140. The third kappa shape index (κ3) is 8.24. The molecule has 8 nitrogen and oxygen atoms in total. The van der Waals surface area contributed by atoms with Crippen LogP contribution in [-0.2, 0) is 25.7 Å². The maximum atomic E-state index is 12.8. The Hall–Kier alpha value is -3.16. The molecule has 3 N–H and O–H groups in total. The molecule has 0 unspecified atom stereocenters. The molecule has 0 aliphatic carbocycles. The molecule has 1 aliphatic heterocycles. The van der Waals surface area contributed by atoms with Crippen molar-refractivity contribution < 1.29 is 23.9 Å². The van der Waals surface area contributed by atoms with Gasteiger partial charge in [0.1, 0.15) is 12.6 Å². The monoisotopic (exact) mass is 429 g/mol. The van der Waals surface area contributed by atoms with E-state index in [2.05, 4.69) is 22.5 Å². The summed E-state index contributed by atoms with van der Waals surface area (Å²) in [7, 11) is 0. The predicted octanol–water partition coefficient (Wildman–Crippen LogP) is 2.38. The van der Waals surface area contributed by atoms with Gasteiger partial charge in [-0.2, -0.15) is 0 Å². The summed E-state index contributed by atoms with van der Waals surface area (Å²) in [6.45, 7) is 5.84. The van der Waals surface area contributed by atoms with Crippen LogP contribution in [0.25, 0.3) is 0 Å². The van der Waals surface area contributed by atoms with Crippen LogP contribution >= 0.6 is 0 Å². The Morgan fingerprint density at radius 1 is 1.13 bits per heavy atom. The number of rotatable bonds is 6. The lowest BCUT2D eigenvalue weighted by atomic mass is 10.0. The Morgan fingerprint density at radius 2 is 1.81 bits per heavy atom. The number of nitrogens with one attached hydrogen (secondary N) is 3. The van der Waals surface area contributed by atoms with Crippen molar-refractivity contribution in [2.45, 2.75) is 64.1 Å². The van der Waals surface area contributed by atoms with Gasteiger partial charge in [0.05, 0.1) is 6.04 Å². The topological polar surface area (TPSA) is 114 Å². The van der Waals surface area contributed by atoms with Crippen LogP contribution in [0.3, 0.4) is 0 Å². The second kappa shape index (κ2) is 12.5. The molecule has 0 radical (unpaired) electrons. The molecular weight excluding hydrogens is 398 g/mol. The molecule has 1 aromatic rings. The van der Waals surface area contributed by atoms with Gasteiger partial charge in [0, 0.05) is 6.54 Å². The first kappa shape index (κ1) is 24.1. The number of ether oxygens (including phenoxy) is 1. The molecule has 1 saturated heterocycles. The van der Waals surface area contributed by atoms with Crippen molar-refractivity contribution in [3.63, 3.8) is 0 Å². The van der Waals surface area contributed by atoms with E-state index in [-0.39, 0.29) is 6.61 Å². The zero-order valence-corrected chi connectivity index (χ0v) is 17.9. The van der Waals surface area contributed by atoms with Crippen LogP contribution in [0.5, 0.6) is 0 Å². The fourth-order valence-electron chi connectivity index (χ4n) is 3.27. The summed E-state index contributed by atoms with van der Waals surface area (Å²) < 4.78 is 5.17. The summed E-state index contributed by atoms with van der Waals surface area (Å²) >= 11 is 0. The molecule has 31 heavy (non-hydrogen) atoms. The van der Waals surface area contributed by atoms with Crippen LogP contribution in [0.15, 0.2) is 42.5 Å². The second-order valence-electron chi connectivity index (χ2n) is 7.72. The minimum absolute atomic E-state index is 0.0541. The highest BCUT2D eigenvalue weighted by Gasteiger charge is 2.30. The van der Waals surface area contributed by atoms with E-state index in [1.165, 1.54) is 0 Å². The first-order valence-electron chi connectivity index (χ1n) is 10.6. The van der Waals surface area contributed by atoms with Crippen LogP contribution in [0.1, 0.15) is 51.0 Å². The van der Waals surface area contributed by atoms with Crippen molar-refractivity contribution >= 4 is 23.7 Å². The fourth-order valence-corrected chi connectivity index (χ4v) is 3.27. The molecule has 1 fully saturated rings. The van der Waals surface area contributed by atoms with Gasteiger partial charge in [-0.15, -0.1) is 0 Å². The number of Topliss-reactive ketones (excluding diaryl/α,β-unsaturated/α-hetero) is 1. The van der Waals surface area contributed by atoms with Gasteiger partial charge < -0.3 is 20.7 Å². The maximum absolute atomic E-state index is 12.8. The molecule has 3 amide bonds. The molecule has 0 bridgehead atoms. The number of hydrogen-bond donors (Lipinski definition) is 3. The van der Waals surface area contributed by atoms with Crippen LogP contribution < -0.4 is 16.0 Å². The smallest absolute Gasteiger partial charge is 0.408 e. The summed E-state index contributed by atoms with van der Waals surface area (Å²) in [4.78, 5) is 49.6. The molecule has 2 rings (SSSR count). The Bertz CT molecular complexity index is 794. The minimum atomic E-state index is -1.09. The molecule has 0 saturated carbocycles. The predicted molar refractivity (Wildman–Crippen MR) is 116 cm³/mol. The van der Waals surface area contributed by atoms with E-state index in [9.17, 15) is 19.2 Å². The van der Waals surface area contributed by atoms with Gasteiger partial charge in [0.15, 0.2) is 0 Å². The molecule has 1 aliphatic rings. The highest BCUT2D eigenvalue weighted by molar-refractivity contribution is 6.38. The van der Waals surface area contributed by atoms with Crippen LogP contribution in [0.4, 0.5) is 4.79 Å². The first-order valence-corrected chi connectivity index (χ1v) is 10.6. The van der Waals surface area contributed by atoms with Gasteiger partial charge in [-0.3, -0.25) is 14.4 Å². The average Bonchev–Trinajstić information content (AvgIpc) is 2.79. The number of hydrogen-bond acceptors (Lipinski definition) is 5. The van der Waals surface area contributed by atoms with Crippen molar-refractivity contribution in [3.8, 4) is 0 Å². The van der Waals surface area contributed by atoms with Crippen molar-refractivity contribution in [2.24, 2.45) is 0 Å². The zero-order valence-electron chi connectivity index (χ0n) is 17.9. The van der Waals surface area contributed by atoms with Gasteiger partial charge >= 0.3 is 6.09 Å². The Balaban J connectivity index is 1.98. The van der Waals surface area contributed by atoms with Crippen molar-refractivity contribution in [3.05, 3.63) is 48.0 Å². The summed E-state index contributed by atoms with van der Waals surface area (Å²) in [5, 5.41) is 7.70. The highest BCUT2D eigenvalue weighted by atomic mass is 16.5. The summed E-state index contributed by atoms with van der Waals surface area (Å²) in [6, 6.07) is 7.10. The molecule has 0 aromatic heterocycles. The SMILES string of the molecule is C=C(C)[C@H](NC(=O)OCc1ccccc1)C(=O)N[C@H]1CCCCCCCNC(=O)C1=O. The Morgan fingerprint density at radius 3 is 2.52 bits per heavy atom. The van der Waals surface area contributed by atoms with Crippen molar-refractivity contribution in [1.82, 2.24) is 16.0 Å². The lowest BCUT2D eigenvalue weighted by Gasteiger charge is -2.22. The van der Waals surface area contributed by atoms with Crippen molar-refractivity contribution in [1.29, 1.82) is 0 Å². The van der Waals surface area contributed by atoms with Gasteiger partial charge in [-0.25, -0.2) is 4.79 Å². The molecule has 0 spiro atoms. The van der Waals surface area contributed by atoms with Gasteiger partial charge in [0.2, 0.25) is 11.7 Å². The van der Waals surface area contributed by atoms with E-state index < -0.39 is 35.8 Å². The minimum Gasteiger partial charge on any atom is -0.445 e. The van der Waals surface area contributed by atoms with Gasteiger partial charge in [-0.05, 0) is 30.9 Å². The Kier molecular flexibility index (Phi) is 9.74. The standard InChI is InChI=1S/C23H31N3O5/c1-16(2)19(26-23(30)31-15-17-11-7-6-8-12-17)21(28)25-18-13-9-4-3-5-10-14-24-22(29)20(18)27/h6-8,11-12,18-19H,1,3-5,9-10,13-15H2,2H3,(H,24,29)(H,25,28)(H,26,30)/t18-,19-/m0/s1. The highest BCUT2D eigenvalue weighted by Crippen LogP contribution is 2.11. The van der Waals surface area contributed by atoms with E-state index in [1.807, 2.05) is 30.3 Å². The number of amides is 3. The number of alkyl carbamates (subject to hydrolysis) is 1. The van der Waals surface area contributed by atoms with Crippen molar-refractivity contribution in [2.75, 3.05) is 6.54 Å². The quantitative estimate of drug-likeness (QED) is 0.475. The van der Waals surface area contributed by atoms with Gasteiger partial charge in [0.25, 0.3) is 5.91 Å². The van der Waals surface area contributed by atoms with Crippen LogP contribution in [0.2, 0.25) is 0 Å². The normalized spacial score (nSPS) is 18.7. The van der Waals surface area contributed by atoms with E-state index >= 15 is 0 Å². The van der Waals surface area contributed by atoms with Crippen LogP contribution in [0, 0.1) is 0 Å². The largest absolute Gasteiger partial charge is 0.445 e. The second-order valence-corrected chi connectivity index (χ2v) is 7.72. The third-order valence-corrected chi connectivity index (χ3v) is 5.04. The number of carbonyl (C=O) groups is 4. The molecule has 168 valence electrons. The molecule has 8 heteroatoms. The van der Waals surface area contributed by atoms with Gasteiger partial charge in [-0.1, -0.05) is 62.6 Å². The number of benzene rings is 1. The van der Waals surface area contributed by atoms with Crippen LogP contribution in [-0.4, -0.2) is 42.3 Å². The summed E-state index contributed by atoms with van der Waals surface area (Å²) in [5.41, 5.74) is 1.19. The summed E-state index contributed by atoms with van der Waals surface area (Å²) in [6.07, 6.45) is 4.03. The molecule has 1 heterocycles. The maximum Gasteiger partial charge on any atom is 0.408 e. The van der Waals surface area contributed by atoms with E-state index in [0.29, 0.717) is 25.0 Å². The lowest BCUT2D eigenvalue weighted by Crippen LogP contribution is -2.54. The summed E-state index contributed by atoms with van der Waals surface area (Å²) in [5.74, 6) is -1.98. The first-order chi connectivity index (χ1) is 14.9. The fraction of sp³-hybridized carbons (Fsp3) is 0.478. The molecular formula is C23H31N3O5. The number of ketones is 1. The third-order valence-electron chi connectivity index (χ3n) is 5.04. The van der Waals surface area contributed by atoms with E-state index in [1.54, 1.807) is 6.92 Å². The average molecular weight is 430 g/mol. The van der Waals surface area contributed by atoms with E-state index in [0.717, 1.165) is 31.2 Å². The molecule has 2 atom stereocenters. The number of carbonyl (C=O) groups excluding carboxylic acids is 4. The van der Waals surface area contributed by atoms with E-state index in [4.69, 9.17) is 4.74 Å². The molecule has 1 aromatic carbocycles. The Labute approximate surface area is 182 Å². The zero-order chi connectivity index (χ0) is 22.6.